The standard InChI is InChI=1S/C34H31F4N7O3/c1-16-8-21(20-6-7-27-39-19(4)42-44(27)13-20)10-22-23(18(3)46)14-43(29(16)22)15-28(47)45-25(11-33(5)12-26(33)45)32(48)41-31-17(2)9-24(35)30(40-31)34(36,37)38/h6-10,13-14,25-26H,11-12,15H2,1-5H3,(H,40,41,48)/t25-,26+,33-/m0/s1. The largest absolute Gasteiger partial charge is 0.436 e. The topological polar surface area (TPSA) is 114 Å². The van der Waals surface area contributed by atoms with Crippen LogP contribution in [0, 0.1) is 32.0 Å². The maximum Gasteiger partial charge on any atom is 0.436 e. The van der Waals surface area contributed by atoms with E-state index in [1.54, 1.807) is 15.3 Å². The number of nitrogens with one attached hydrogen (secondary N) is 1. The molecule has 0 radical (unpaired) electrons. The molecule has 3 atom stereocenters. The molecule has 1 saturated heterocycles. The van der Waals surface area contributed by atoms with E-state index >= 15 is 0 Å². The van der Waals surface area contributed by atoms with E-state index < -0.39 is 35.5 Å². The van der Waals surface area contributed by atoms with Crippen LogP contribution in [0.15, 0.2) is 42.7 Å². The highest BCUT2D eigenvalue weighted by molar-refractivity contribution is 6.09. The van der Waals surface area contributed by atoms with E-state index in [1.807, 2.05) is 51.2 Å². The van der Waals surface area contributed by atoms with Gasteiger partial charge in [0.25, 0.3) is 0 Å². The summed E-state index contributed by atoms with van der Waals surface area (Å²) in [6, 6.07) is 7.13. The van der Waals surface area contributed by atoms with Crippen LogP contribution >= 0.6 is 0 Å². The van der Waals surface area contributed by atoms with E-state index in [-0.39, 0.29) is 35.3 Å². The van der Waals surface area contributed by atoms with Gasteiger partial charge in [0.15, 0.2) is 22.9 Å². The Balaban J connectivity index is 1.20. The molecule has 2 amide bonds. The van der Waals surface area contributed by atoms with Crippen molar-refractivity contribution < 1.29 is 31.9 Å². The summed E-state index contributed by atoms with van der Waals surface area (Å²) in [7, 11) is 0. The quantitative estimate of drug-likeness (QED) is 0.175. The number of piperidine rings is 1. The van der Waals surface area contributed by atoms with Crippen LogP contribution in [0.25, 0.3) is 27.7 Å². The van der Waals surface area contributed by atoms with Crippen LogP contribution in [0.1, 0.15) is 59.7 Å². The van der Waals surface area contributed by atoms with Gasteiger partial charge in [-0.25, -0.2) is 18.9 Å². The molecule has 2 aliphatic rings. The molecular weight excluding hydrogens is 630 g/mol. The average Bonchev–Trinajstić information content (AvgIpc) is 3.26. The molecule has 48 heavy (non-hydrogen) atoms. The minimum atomic E-state index is -5.05. The number of fused-ring (bicyclic) bond motifs is 3. The van der Waals surface area contributed by atoms with Crippen molar-refractivity contribution in [1.82, 2.24) is 29.0 Å². The molecule has 1 saturated carbocycles. The first-order chi connectivity index (χ1) is 22.5. The van der Waals surface area contributed by atoms with Crippen LogP contribution < -0.4 is 5.32 Å². The van der Waals surface area contributed by atoms with Gasteiger partial charge in [0.05, 0.1) is 5.52 Å². The minimum absolute atomic E-state index is 0.0165. The van der Waals surface area contributed by atoms with Crippen LogP contribution in [-0.4, -0.2) is 58.7 Å². The number of carbonyl (C=O) groups excluding carboxylic acids is 3. The van der Waals surface area contributed by atoms with Crippen molar-refractivity contribution in [1.29, 1.82) is 0 Å². The lowest BCUT2D eigenvalue weighted by Gasteiger charge is -2.27. The van der Waals surface area contributed by atoms with Gasteiger partial charge in [-0.3, -0.25) is 14.4 Å². The summed E-state index contributed by atoms with van der Waals surface area (Å²) in [6.07, 6.45) is -0.555. The lowest BCUT2D eigenvalue weighted by atomic mass is 9.99. The fourth-order valence-electron chi connectivity index (χ4n) is 7.09. The summed E-state index contributed by atoms with van der Waals surface area (Å²) in [4.78, 5) is 49.6. The van der Waals surface area contributed by atoms with Crippen molar-refractivity contribution in [3.63, 3.8) is 0 Å². The molecule has 5 aromatic rings. The number of amides is 2. The van der Waals surface area contributed by atoms with Crippen LogP contribution in [0.3, 0.4) is 0 Å². The lowest BCUT2D eigenvalue weighted by Crippen LogP contribution is -2.46. The number of hydrogen-bond acceptors (Lipinski definition) is 6. The number of rotatable bonds is 6. The van der Waals surface area contributed by atoms with Crippen molar-refractivity contribution in [2.45, 2.75) is 72.3 Å². The predicted octanol–water partition coefficient (Wildman–Crippen LogP) is 6.05. The summed E-state index contributed by atoms with van der Waals surface area (Å²) in [5.74, 6) is -2.57. The van der Waals surface area contributed by atoms with Crippen LogP contribution in [-0.2, 0) is 22.3 Å². The molecule has 7 rings (SSSR count). The molecule has 1 aliphatic heterocycles. The zero-order chi connectivity index (χ0) is 34.4. The molecular formula is C34H31F4N7O3. The van der Waals surface area contributed by atoms with E-state index in [9.17, 15) is 31.9 Å². The lowest BCUT2D eigenvalue weighted by molar-refractivity contribution is -0.143. The Morgan fingerprint density at radius 1 is 1.00 bits per heavy atom. The Labute approximate surface area is 271 Å². The molecule has 0 spiro atoms. The Morgan fingerprint density at radius 2 is 1.75 bits per heavy atom. The van der Waals surface area contributed by atoms with Crippen LogP contribution in [0.2, 0.25) is 0 Å². The smallest absolute Gasteiger partial charge is 0.337 e. The number of aryl methyl sites for hydroxylation is 3. The van der Waals surface area contributed by atoms with E-state index in [1.165, 1.54) is 18.7 Å². The van der Waals surface area contributed by atoms with Crippen molar-refractivity contribution >= 4 is 40.0 Å². The molecule has 10 nitrogen and oxygen atoms in total. The Bertz CT molecular complexity index is 2200. The summed E-state index contributed by atoms with van der Waals surface area (Å²) in [5.41, 5.74) is 2.34. The number of halogens is 4. The molecule has 5 heterocycles. The van der Waals surface area contributed by atoms with Crippen molar-refractivity contribution in [2.24, 2.45) is 5.41 Å². The van der Waals surface area contributed by atoms with Gasteiger partial charge in [-0.2, -0.15) is 18.3 Å². The number of benzene rings is 1. The third kappa shape index (κ3) is 5.19. The van der Waals surface area contributed by atoms with Crippen LogP contribution in [0.5, 0.6) is 0 Å². The normalized spacial score (nSPS) is 20.4. The number of anilines is 1. The van der Waals surface area contributed by atoms with E-state index in [0.29, 0.717) is 46.8 Å². The highest BCUT2D eigenvalue weighted by Crippen LogP contribution is 2.59. The second-order valence-corrected chi connectivity index (χ2v) is 13.2. The van der Waals surface area contributed by atoms with Crippen molar-refractivity contribution in [3.05, 3.63) is 76.8 Å². The molecule has 1 aliphatic carbocycles. The number of nitrogens with zero attached hydrogens (tertiary/aromatic N) is 6. The number of hydrogen-bond donors (Lipinski definition) is 1. The minimum Gasteiger partial charge on any atom is -0.337 e. The highest BCUT2D eigenvalue weighted by atomic mass is 19.4. The number of pyridine rings is 2. The summed E-state index contributed by atoms with van der Waals surface area (Å²) < 4.78 is 57.5. The van der Waals surface area contributed by atoms with Crippen molar-refractivity contribution in [3.8, 4) is 11.1 Å². The first-order valence-corrected chi connectivity index (χ1v) is 15.4. The zero-order valence-corrected chi connectivity index (χ0v) is 26.7. The van der Waals surface area contributed by atoms with Gasteiger partial charge in [-0.15, -0.1) is 0 Å². The molecule has 248 valence electrons. The van der Waals surface area contributed by atoms with Gasteiger partial charge in [-0.1, -0.05) is 6.92 Å². The van der Waals surface area contributed by atoms with Gasteiger partial charge in [0.1, 0.15) is 24.2 Å². The summed E-state index contributed by atoms with van der Waals surface area (Å²) >= 11 is 0. The van der Waals surface area contributed by atoms with Gasteiger partial charge in [0.2, 0.25) is 11.8 Å². The Kier molecular flexibility index (Phi) is 7.01. The number of Topliss-reactive ketones (excluding diaryl/α,β-unsaturated/α-hetero) is 1. The molecule has 4 aromatic heterocycles. The third-order valence-electron chi connectivity index (χ3n) is 9.52. The number of alkyl halides is 3. The molecule has 1 aromatic carbocycles. The Morgan fingerprint density at radius 3 is 2.46 bits per heavy atom. The molecule has 2 fully saturated rings. The van der Waals surface area contributed by atoms with E-state index in [0.717, 1.165) is 16.7 Å². The van der Waals surface area contributed by atoms with Gasteiger partial charge in [0, 0.05) is 34.9 Å². The molecule has 0 bridgehead atoms. The first kappa shape index (κ1) is 31.5. The van der Waals surface area contributed by atoms with Crippen molar-refractivity contribution in [2.75, 3.05) is 5.32 Å². The van der Waals surface area contributed by atoms with E-state index in [4.69, 9.17) is 0 Å². The average molecular weight is 662 g/mol. The molecule has 1 N–H and O–H groups in total. The summed E-state index contributed by atoms with van der Waals surface area (Å²) in [5, 5.41) is 7.49. The fraction of sp³-hybridized carbons (Fsp3) is 0.353. The zero-order valence-electron chi connectivity index (χ0n) is 26.7. The molecule has 14 heteroatoms. The maximum absolute atomic E-state index is 14.0. The summed E-state index contributed by atoms with van der Waals surface area (Å²) in [6.45, 7) is 8.29. The monoisotopic (exact) mass is 661 g/mol. The molecule has 0 unspecified atom stereocenters. The first-order valence-electron chi connectivity index (χ1n) is 15.4. The maximum atomic E-state index is 14.0. The number of ketones is 1. The highest BCUT2D eigenvalue weighted by Gasteiger charge is 2.64. The van der Waals surface area contributed by atoms with Gasteiger partial charge in [-0.05, 0) is 93.0 Å². The number of carbonyl (C=O) groups is 3. The number of aromatic nitrogens is 5. The van der Waals surface area contributed by atoms with E-state index in [2.05, 4.69) is 20.4 Å². The van der Waals surface area contributed by atoms with Gasteiger partial charge < -0.3 is 14.8 Å². The number of likely N-dealkylation sites (tertiary alicyclic amines) is 1. The SMILES string of the molecule is CC(=O)c1cn(CC(=O)N2[C@H](C(=O)Nc3nc(C(F)(F)F)c(F)cc3C)C[C@@]3(C)C[C@@H]23)c2c(C)cc(-c3ccc4nc(C)nn4c3)cc12. The van der Waals surface area contributed by atoms with Gasteiger partial charge >= 0.3 is 6.18 Å². The third-order valence-corrected chi connectivity index (χ3v) is 9.52. The predicted molar refractivity (Wildman–Crippen MR) is 168 cm³/mol. The second-order valence-electron chi connectivity index (χ2n) is 13.2. The second kappa shape index (κ2) is 10.7. The van der Waals surface area contributed by atoms with Crippen LogP contribution in [0.4, 0.5) is 23.4 Å². The fourth-order valence-corrected chi connectivity index (χ4v) is 7.09. The Hall–Kier alpha value is -5.14.